The minimum absolute atomic E-state index is 0.786. The maximum absolute atomic E-state index is 5.59. The number of rotatable bonds is 4. The molecule has 0 amide bonds. The minimum atomic E-state index is 0.786. The van der Waals surface area contributed by atoms with E-state index in [1.165, 1.54) is 0 Å². The summed E-state index contributed by atoms with van der Waals surface area (Å²) >= 11 is 0. The summed E-state index contributed by atoms with van der Waals surface area (Å²) in [5, 5.41) is 0. The molecular weight excluding hydrogens is 160 g/mol. The average Bonchev–Trinajstić information content (AvgIpc) is 2.17. The highest BCUT2D eigenvalue weighted by Gasteiger charge is 1.97. The van der Waals surface area contributed by atoms with E-state index in [4.69, 9.17) is 4.74 Å². The van der Waals surface area contributed by atoms with E-state index in [-0.39, 0.29) is 0 Å². The zero-order valence-corrected chi connectivity index (χ0v) is 8.29. The zero-order chi connectivity index (χ0) is 9.52. The second-order valence-corrected chi connectivity index (χ2v) is 2.89. The van der Waals surface area contributed by atoms with E-state index in [1.807, 2.05) is 31.2 Å². The molecule has 0 saturated heterocycles. The standard InChI is InChI=1S/C12H16O/c1-3-7-11-8-5-6-9-12(11)13-10-4-2/h3,5-9H,4,10H2,1-2H3/b7-3-. The molecule has 0 spiro atoms. The predicted molar refractivity (Wildman–Crippen MR) is 56.9 cm³/mol. The Morgan fingerprint density at radius 3 is 2.77 bits per heavy atom. The van der Waals surface area contributed by atoms with E-state index in [0.717, 1.165) is 24.3 Å². The van der Waals surface area contributed by atoms with Crippen LogP contribution in [-0.4, -0.2) is 6.61 Å². The number of para-hydroxylation sites is 1. The van der Waals surface area contributed by atoms with Gasteiger partial charge in [0.2, 0.25) is 0 Å². The fraction of sp³-hybridized carbons (Fsp3) is 0.333. The molecule has 1 aromatic carbocycles. The molecule has 0 saturated carbocycles. The summed E-state index contributed by atoms with van der Waals surface area (Å²) in [5.41, 5.74) is 1.15. The molecule has 1 rings (SSSR count). The summed E-state index contributed by atoms with van der Waals surface area (Å²) < 4.78 is 5.59. The van der Waals surface area contributed by atoms with E-state index < -0.39 is 0 Å². The van der Waals surface area contributed by atoms with Crippen LogP contribution in [0.4, 0.5) is 0 Å². The Labute approximate surface area is 80.0 Å². The lowest BCUT2D eigenvalue weighted by Gasteiger charge is -2.07. The average molecular weight is 176 g/mol. The summed E-state index contributed by atoms with van der Waals surface area (Å²) in [6, 6.07) is 8.09. The third-order valence-corrected chi connectivity index (χ3v) is 1.73. The molecule has 0 aliphatic carbocycles. The van der Waals surface area contributed by atoms with Gasteiger partial charge >= 0.3 is 0 Å². The molecule has 0 aromatic heterocycles. The maximum Gasteiger partial charge on any atom is 0.126 e. The van der Waals surface area contributed by atoms with Gasteiger partial charge in [0.25, 0.3) is 0 Å². The van der Waals surface area contributed by atoms with E-state index in [9.17, 15) is 0 Å². The Morgan fingerprint density at radius 1 is 1.31 bits per heavy atom. The highest BCUT2D eigenvalue weighted by molar-refractivity contribution is 5.56. The van der Waals surface area contributed by atoms with E-state index in [1.54, 1.807) is 0 Å². The lowest BCUT2D eigenvalue weighted by atomic mass is 10.2. The van der Waals surface area contributed by atoms with E-state index in [0.29, 0.717) is 0 Å². The molecule has 0 aliphatic heterocycles. The Hall–Kier alpha value is -1.24. The van der Waals surface area contributed by atoms with Gasteiger partial charge in [0, 0.05) is 5.56 Å². The smallest absolute Gasteiger partial charge is 0.126 e. The molecule has 1 nitrogen and oxygen atoms in total. The SMILES string of the molecule is C/C=C\c1ccccc1OCCC. The second-order valence-electron chi connectivity index (χ2n) is 2.89. The molecule has 13 heavy (non-hydrogen) atoms. The molecule has 70 valence electrons. The van der Waals surface area contributed by atoms with Crippen molar-refractivity contribution in [2.24, 2.45) is 0 Å². The van der Waals surface area contributed by atoms with Gasteiger partial charge in [-0.25, -0.2) is 0 Å². The Kier molecular flexibility index (Phi) is 4.10. The highest BCUT2D eigenvalue weighted by Crippen LogP contribution is 2.19. The Balaban J connectivity index is 2.78. The van der Waals surface area contributed by atoms with Gasteiger partial charge < -0.3 is 4.74 Å². The molecule has 0 N–H and O–H groups in total. The highest BCUT2D eigenvalue weighted by atomic mass is 16.5. The number of benzene rings is 1. The van der Waals surface area contributed by atoms with Gasteiger partial charge in [-0.3, -0.25) is 0 Å². The van der Waals surface area contributed by atoms with Crippen molar-refractivity contribution in [1.82, 2.24) is 0 Å². The van der Waals surface area contributed by atoms with Crippen LogP contribution in [0, 0.1) is 0 Å². The van der Waals surface area contributed by atoms with Crippen LogP contribution in [0.3, 0.4) is 0 Å². The monoisotopic (exact) mass is 176 g/mol. The summed E-state index contributed by atoms with van der Waals surface area (Å²) in [4.78, 5) is 0. The molecule has 0 fully saturated rings. The first-order chi connectivity index (χ1) is 6.38. The largest absolute Gasteiger partial charge is 0.493 e. The maximum atomic E-state index is 5.59. The van der Waals surface area contributed by atoms with Crippen LogP contribution in [0.5, 0.6) is 5.75 Å². The van der Waals surface area contributed by atoms with Crippen LogP contribution in [0.2, 0.25) is 0 Å². The number of hydrogen-bond donors (Lipinski definition) is 0. The fourth-order valence-corrected chi connectivity index (χ4v) is 1.14. The number of ether oxygens (including phenoxy) is 1. The van der Waals surface area contributed by atoms with Crippen molar-refractivity contribution in [3.05, 3.63) is 35.9 Å². The fourth-order valence-electron chi connectivity index (χ4n) is 1.14. The molecule has 0 atom stereocenters. The molecule has 0 unspecified atom stereocenters. The van der Waals surface area contributed by atoms with Crippen molar-refractivity contribution in [2.45, 2.75) is 20.3 Å². The van der Waals surface area contributed by atoms with Gasteiger partial charge in [0.05, 0.1) is 6.61 Å². The van der Waals surface area contributed by atoms with E-state index >= 15 is 0 Å². The van der Waals surface area contributed by atoms with Gasteiger partial charge in [-0.1, -0.05) is 37.3 Å². The zero-order valence-electron chi connectivity index (χ0n) is 8.29. The molecule has 0 aliphatic rings. The van der Waals surface area contributed by atoms with Crippen LogP contribution in [-0.2, 0) is 0 Å². The van der Waals surface area contributed by atoms with Crippen LogP contribution < -0.4 is 4.74 Å². The minimum Gasteiger partial charge on any atom is -0.493 e. The van der Waals surface area contributed by atoms with Gasteiger partial charge in [0.15, 0.2) is 0 Å². The third kappa shape index (κ3) is 2.94. The van der Waals surface area contributed by atoms with Crippen LogP contribution in [0.25, 0.3) is 6.08 Å². The first kappa shape index (κ1) is 9.85. The van der Waals surface area contributed by atoms with Crippen molar-refractivity contribution < 1.29 is 4.74 Å². The number of allylic oxidation sites excluding steroid dienone is 1. The normalized spacial score (nSPS) is 10.6. The Bertz CT molecular complexity index is 276. The van der Waals surface area contributed by atoms with E-state index in [2.05, 4.69) is 19.1 Å². The van der Waals surface area contributed by atoms with Gasteiger partial charge in [-0.2, -0.15) is 0 Å². The molecular formula is C12H16O. The molecule has 0 bridgehead atoms. The van der Waals surface area contributed by atoms with Crippen molar-refractivity contribution >= 4 is 6.08 Å². The van der Waals surface area contributed by atoms with Crippen molar-refractivity contribution in [2.75, 3.05) is 6.61 Å². The Morgan fingerprint density at radius 2 is 2.08 bits per heavy atom. The van der Waals surface area contributed by atoms with Crippen LogP contribution in [0.1, 0.15) is 25.8 Å². The first-order valence-electron chi connectivity index (χ1n) is 4.73. The summed E-state index contributed by atoms with van der Waals surface area (Å²) in [7, 11) is 0. The van der Waals surface area contributed by atoms with Crippen molar-refractivity contribution in [3.8, 4) is 5.75 Å². The third-order valence-electron chi connectivity index (χ3n) is 1.73. The molecule has 0 radical (unpaired) electrons. The lowest BCUT2D eigenvalue weighted by Crippen LogP contribution is -1.96. The van der Waals surface area contributed by atoms with Crippen molar-refractivity contribution in [3.63, 3.8) is 0 Å². The quantitative estimate of drug-likeness (QED) is 0.682. The van der Waals surface area contributed by atoms with Gasteiger partial charge in [0.1, 0.15) is 5.75 Å². The predicted octanol–water partition coefficient (Wildman–Crippen LogP) is 3.51. The molecule has 1 aromatic rings. The summed E-state index contributed by atoms with van der Waals surface area (Å²) in [5.74, 6) is 0.974. The van der Waals surface area contributed by atoms with Crippen LogP contribution in [0.15, 0.2) is 30.3 Å². The van der Waals surface area contributed by atoms with Gasteiger partial charge in [-0.05, 0) is 19.4 Å². The van der Waals surface area contributed by atoms with Crippen LogP contribution >= 0.6 is 0 Å². The number of hydrogen-bond acceptors (Lipinski definition) is 1. The first-order valence-corrected chi connectivity index (χ1v) is 4.73. The summed E-state index contributed by atoms with van der Waals surface area (Å²) in [6.07, 6.45) is 5.13. The lowest BCUT2D eigenvalue weighted by molar-refractivity contribution is 0.317. The van der Waals surface area contributed by atoms with Gasteiger partial charge in [-0.15, -0.1) is 0 Å². The summed E-state index contributed by atoms with van der Waals surface area (Å²) in [6.45, 7) is 4.91. The topological polar surface area (TPSA) is 9.23 Å². The molecule has 0 heterocycles. The van der Waals surface area contributed by atoms with Crippen molar-refractivity contribution in [1.29, 1.82) is 0 Å². The molecule has 1 heteroatoms. The second kappa shape index (κ2) is 5.41.